The molecule has 1 amide bonds. The lowest BCUT2D eigenvalue weighted by Gasteiger charge is -2.20. The standard InChI is InChI=1S/C20H16ClN3O4/c21-14-4-1-12(2-5-14)19-23-22-18(28-19)10-24(15-6-7-15)20(25)13-3-8-16-17(9-13)27-11-26-16/h1-5,8-9,15H,6-7,10-11H2. The van der Waals surface area contributed by atoms with Crippen LogP contribution < -0.4 is 9.47 Å². The zero-order chi connectivity index (χ0) is 19.1. The number of amides is 1. The van der Waals surface area contributed by atoms with Crippen LogP contribution in [0.25, 0.3) is 11.5 Å². The van der Waals surface area contributed by atoms with Crippen molar-refractivity contribution in [1.29, 1.82) is 0 Å². The fourth-order valence-corrected chi connectivity index (χ4v) is 3.25. The molecule has 5 rings (SSSR count). The summed E-state index contributed by atoms with van der Waals surface area (Å²) in [4.78, 5) is 14.8. The third-order valence-electron chi connectivity index (χ3n) is 4.73. The normalized spacial score (nSPS) is 14.9. The van der Waals surface area contributed by atoms with Gasteiger partial charge in [-0.15, -0.1) is 10.2 Å². The van der Waals surface area contributed by atoms with E-state index in [-0.39, 0.29) is 25.3 Å². The van der Waals surface area contributed by atoms with Gasteiger partial charge in [-0.1, -0.05) is 11.6 Å². The molecule has 1 aliphatic carbocycles. The number of benzene rings is 2. The number of hydrogen-bond acceptors (Lipinski definition) is 6. The van der Waals surface area contributed by atoms with Crippen LogP contribution in [-0.4, -0.2) is 33.8 Å². The van der Waals surface area contributed by atoms with Crippen molar-refractivity contribution in [3.05, 3.63) is 58.9 Å². The minimum atomic E-state index is -0.0907. The van der Waals surface area contributed by atoms with Gasteiger partial charge in [0.25, 0.3) is 5.91 Å². The molecule has 0 radical (unpaired) electrons. The number of ether oxygens (including phenoxy) is 2. The number of nitrogens with zero attached hydrogens (tertiary/aromatic N) is 3. The molecule has 3 aromatic rings. The van der Waals surface area contributed by atoms with Gasteiger partial charge in [-0.25, -0.2) is 0 Å². The van der Waals surface area contributed by atoms with Gasteiger partial charge in [0.15, 0.2) is 11.5 Å². The number of rotatable bonds is 5. The molecular weight excluding hydrogens is 382 g/mol. The first-order valence-corrected chi connectivity index (χ1v) is 9.34. The maximum absolute atomic E-state index is 13.1. The Balaban J connectivity index is 1.36. The van der Waals surface area contributed by atoms with Crippen molar-refractivity contribution in [1.82, 2.24) is 15.1 Å². The largest absolute Gasteiger partial charge is 0.454 e. The van der Waals surface area contributed by atoms with Crippen molar-refractivity contribution in [2.45, 2.75) is 25.4 Å². The van der Waals surface area contributed by atoms with Crippen molar-refractivity contribution in [2.75, 3.05) is 6.79 Å². The summed E-state index contributed by atoms with van der Waals surface area (Å²) in [6.07, 6.45) is 1.93. The van der Waals surface area contributed by atoms with Crippen LogP contribution in [0, 0.1) is 0 Å². The Labute approximate surface area is 165 Å². The summed E-state index contributed by atoms with van der Waals surface area (Å²) in [6, 6.07) is 12.6. The van der Waals surface area contributed by atoms with Crippen LogP contribution in [0.4, 0.5) is 0 Å². The van der Waals surface area contributed by atoms with Gasteiger partial charge in [0.05, 0.1) is 6.54 Å². The minimum absolute atomic E-state index is 0.0907. The molecule has 7 nitrogen and oxygen atoms in total. The molecule has 142 valence electrons. The molecule has 2 aliphatic rings. The Morgan fingerprint density at radius 3 is 2.64 bits per heavy atom. The summed E-state index contributed by atoms with van der Waals surface area (Å²) < 4.78 is 16.5. The third kappa shape index (κ3) is 3.29. The maximum atomic E-state index is 13.1. The summed E-state index contributed by atoms with van der Waals surface area (Å²) in [5.74, 6) is 1.94. The fourth-order valence-electron chi connectivity index (χ4n) is 3.12. The molecule has 8 heteroatoms. The van der Waals surface area contributed by atoms with Gasteiger partial charge in [-0.3, -0.25) is 4.79 Å². The summed E-state index contributed by atoms with van der Waals surface area (Å²) >= 11 is 5.92. The van der Waals surface area contributed by atoms with E-state index in [1.807, 2.05) is 12.1 Å². The molecule has 0 unspecified atom stereocenters. The third-order valence-corrected chi connectivity index (χ3v) is 4.98. The summed E-state index contributed by atoms with van der Waals surface area (Å²) in [6.45, 7) is 0.438. The smallest absolute Gasteiger partial charge is 0.254 e. The van der Waals surface area contributed by atoms with E-state index in [9.17, 15) is 4.79 Å². The van der Waals surface area contributed by atoms with E-state index >= 15 is 0 Å². The lowest BCUT2D eigenvalue weighted by atomic mass is 10.1. The molecule has 1 saturated carbocycles. The highest BCUT2D eigenvalue weighted by molar-refractivity contribution is 6.30. The Morgan fingerprint density at radius 1 is 1.07 bits per heavy atom. The molecular formula is C20H16ClN3O4. The molecule has 0 atom stereocenters. The first kappa shape index (κ1) is 17.1. The molecule has 1 fully saturated rings. The van der Waals surface area contributed by atoms with Crippen LogP contribution in [0.15, 0.2) is 46.9 Å². The van der Waals surface area contributed by atoms with Crippen LogP contribution in [-0.2, 0) is 6.54 Å². The van der Waals surface area contributed by atoms with Crippen molar-refractivity contribution in [3.63, 3.8) is 0 Å². The summed E-state index contributed by atoms with van der Waals surface area (Å²) in [7, 11) is 0. The zero-order valence-electron chi connectivity index (χ0n) is 14.8. The Bertz CT molecular complexity index is 1030. The van der Waals surface area contributed by atoms with Gasteiger partial charge in [0, 0.05) is 22.2 Å². The molecule has 1 aliphatic heterocycles. The van der Waals surface area contributed by atoms with E-state index in [1.54, 1.807) is 35.2 Å². The second kappa shape index (κ2) is 6.83. The van der Waals surface area contributed by atoms with Gasteiger partial charge < -0.3 is 18.8 Å². The van der Waals surface area contributed by atoms with Gasteiger partial charge in [-0.05, 0) is 55.3 Å². The first-order valence-electron chi connectivity index (χ1n) is 8.96. The number of carbonyl (C=O) groups excluding carboxylic acids is 1. The Kier molecular flexibility index (Phi) is 4.16. The van der Waals surface area contributed by atoms with Crippen LogP contribution in [0.3, 0.4) is 0 Å². The van der Waals surface area contributed by atoms with Gasteiger partial charge >= 0.3 is 0 Å². The molecule has 0 bridgehead atoms. The lowest BCUT2D eigenvalue weighted by Crippen LogP contribution is -2.32. The second-order valence-electron chi connectivity index (χ2n) is 6.74. The van der Waals surface area contributed by atoms with E-state index in [0.717, 1.165) is 18.4 Å². The van der Waals surface area contributed by atoms with Crippen LogP contribution in [0.1, 0.15) is 29.1 Å². The molecule has 2 aromatic carbocycles. The SMILES string of the molecule is O=C(c1ccc2c(c1)OCO2)N(Cc1nnc(-c2ccc(Cl)cc2)o1)C1CC1. The zero-order valence-corrected chi connectivity index (χ0v) is 15.6. The van der Waals surface area contributed by atoms with Crippen LogP contribution in [0.5, 0.6) is 11.5 Å². The second-order valence-corrected chi connectivity index (χ2v) is 7.18. The van der Waals surface area contributed by atoms with E-state index in [1.165, 1.54) is 0 Å². The molecule has 0 spiro atoms. The molecule has 28 heavy (non-hydrogen) atoms. The predicted octanol–water partition coefficient (Wildman–Crippen LogP) is 3.92. The van der Waals surface area contributed by atoms with Crippen LogP contribution in [0.2, 0.25) is 5.02 Å². The topological polar surface area (TPSA) is 77.7 Å². The summed E-state index contributed by atoms with van der Waals surface area (Å²) in [5, 5.41) is 8.84. The first-order chi connectivity index (χ1) is 13.7. The maximum Gasteiger partial charge on any atom is 0.254 e. The number of aromatic nitrogens is 2. The monoisotopic (exact) mass is 397 g/mol. The number of carbonyl (C=O) groups is 1. The minimum Gasteiger partial charge on any atom is -0.454 e. The van der Waals surface area contributed by atoms with Gasteiger partial charge in [0.1, 0.15) is 0 Å². The Hall–Kier alpha value is -3.06. The van der Waals surface area contributed by atoms with Crippen LogP contribution >= 0.6 is 11.6 Å². The Morgan fingerprint density at radius 2 is 1.86 bits per heavy atom. The van der Waals surface area contributed by atoms with E-state index in [4.69, 9.17) is 25.5 Å². The van der Waals surface area contributed by atoms with Crippen molar-refractivity contribution in [3.8, 4) is 23.0 Å². The molecule has 2 heterocycles. The quantitative estimate of drug-likeness (QED) is 0.649. The lowest BCUT2D eigenvalue weighted by molar-refractivity contribution is 0.0714. The molecule has 0 saturated heterocycles. The van der Waals surface area contributed by atoms with Crippen molar-refractivity contribution in [2.24, 2.45) is 0 Å². The number of halogens is 1. The highest BCUT2D eigenvalue weighted by Gasteiger charge is 2.34. The average Bonchev–Trinajstić information content (AvgIpc) is 3.25. The molecule has 1 aromatic heterocycles. The average molecular weight is 398 g/mol. The van der Waals surface area contributed by atoms with Crippen molar-refractivity contribution < 1.29 is 18.7 Å². The van der Waals surface area contributed by atoms with Crippen molar-refractivity contribution >= 4 is 17.5 Å². The highest BCUT2D eigenvalue weighted by atomic mass is 35.5. The number of fused-ring (bicyclic) bond motifs is 1. The highest BCUT2D eigenvalue weighted by Crippen LogP contribution is 2.35. The van der Waals surface area contributed by atoms with E-state index in [2.05, 4.69) is 10.2 Å². The van der Waals surface area contributed by atoms with Gasteiger partial charge in [-0.2, -0.15) is 0 Å². The van der Waals surface area contributed by atoms with E-state index < -0.39 is 0 Å². The number of hydrogen-bond donors (Lipinski definition) is 0. The molecule has 0 N–H and O–H groups in total. The van der Waals surface area contributed by atoms with Gasteiger partial charge in [0.2, 0.25) is 18.6 Å². The fraction of sp³-hybridized carbons (Fsp3) is 0.250. The predicted molar refractivity (Wildman–Crippen MR) is 100 cm³/mol. The summed E-state index contributed by atoms with van der Waals surface area (Å²) in [5.41, 5.74) is 1.33. The van der Waals surface area contributed by atoms with E-state index in [0.29, 0.717) is 33.9 Å².